The van der Waals surface area contributed by atoms with Crippen molar-refractivity contribution in [1.29, 1.82) is 0 Å². The Kier molecular flexibility index (Phi) is 8.85. The minimum atomic E-state index is 0. The SMILES string of the molecule is CN=C(NCCC(=O)N1CCc2sccc2C1)N1CCN(c2cccc(Cl)c2)CC1.I. The maximum atomic E-state index is 12.6. The van der Waals surface area contributed by atoms with E-state index in [1.165, 1.54) is 10.4 Å². The second-order valence-corrected chi connectivity index (χ2v) is 9.05. The third kappa shape index (κ3) is 6.04. The number of halogens is 2. The van der Waals surface area contributed by atoms with Gasteiger partial charge in [-0.3, -0.25) is 9.79 Å². The van der Waals surface area contributed by atoms with Crippen molar-refractivity contribution in [1.82, 2.24) is 15.1 Å². The first kappa shape index (κ1) is 24.1. The van der Waals surface area contributed by atoms with Gasteiger partial charge in [0.25, 0.3) is 0 Å². The van der Waals surface area contributed by atoms with E-state index in [0.29, 0.717) is 13.0 Å². The van der Waals surface area contributed by atoms with Crippen LogP contribution in [0.4, 0.5) is 5.69 Å². The van der Waals surface area contributed by atoms with Crippen molar-refractivity contribution >= 4 is 64.5 Å². The first-order valence-electron chi connectivity index (χ1n) is 10.4. The number of anilines is 1. The smallest absolute Gasteiger partial charge is 0.224 e. The molecule has 0 aliphatic carbocycles. The lowest BCUT2D eigenvalue weighted by Crippen LogP contribution is -2.53. The molecule has 31 heavy (non-hydrogen) atoms. The molecule has 168 valence electrons. The predicted octanol–water partition coefficient (Wildman–Crippen LogP) is 3.69. The third-order valence-corrected chi connectivity index (χ3v) is 7.00. The molecule has 2 aliphatic heterocycles. The standard InChI is InChI=1S/C22H28ClN5OS.HI/c1-24-22(27-12-10-26(11-13-27)19-4-2-3-18(23)15-19)25-8-5-21(29)28-9-6-20-17(16-28)7-14-30-20;/h2-4,7,14-15H,5-6,8-13,16H2,1H3,(H,24,25);1H. The maximum absolute atomic E-state index is 12.6. The van der Waals surface area contributed by atoms with Gasteiger partial charge in [-0.2, -0.15) is 0 Å². The largest absolute Gasteiger partial charge is 0.368 e. The van der Waals surface area contributed by atoms with E-state index >= 15 is 0 Å². The summed E-state index contributed by atoms with van der Waals surface area (Å²) in [5, 5.41) is 6.26. The van der Waals surface area contributed by atoms with Gasteiger partial charge in [-0.15, -0.1) is 35.3 Å². The number of carbonyl (C=O) groups is 1. The number of hydrogen-bond donors (Lipinski definition) is 1. The zero-order valence-electron chi connectivity index (χ0n) is 17.7. The van der Waals surface area contributed by atoms with Crippen molar-refractivity contribution in [3.63, 3.8) is 0 Å². The molecule has 1 aromatic heterocycles. The predicted molar refractivity (Wildman–Crippen MR) is 140 cm³/mol. The van der Waals surface area contributed by atoms with Crippen LogP contribution in [0, 0.1) is 0 Å². The van der Waals surface area contributed by atoms with Gasteiger partial charge in [0.05, 0.1) is 0 Å². The maximum Gasteiger partial charge on any atom is 0.224 e. The monoisotopic (exact) mass is 573 g/mol. The van der Waals surface area contributed by atoms with Crippen molar-refractivity contribution in [3.8, 4) is 0 Å². The molecule has 2 aliphatic rings. The van der Waals surface area contributed by atoms with Crippen LogP contribution in [-0.2, 0) is 17.8 Å². The Hall–Kier alpha value is -1.52. The average molecular weight is 574 g/mol. The van der Waals surface area contributed by atoms with E-state index in [2.05, 4.69) is 37.6 Å². The van der Waals surface area contributed by atoms with Gasteiger partial charge < -0.3 is 20.0 Å². The highest BCUT2D eigenvalue weighted by Gasteiger charge is 2.22. The molecule has 0 saturated carbocycles. The minimum absolute atomic E-state index is 0. The van der Waals surface area contributed by atoms with Crippen LogP contribution in [0.3, 0.4) is 0 Å². The summed E-state index contributed by atoms with van der Waals surface area (Å²) in [6.07, 6.45) is 1.46. The molecule has 1 fully saturated rings. The number of benzene rings is 1. The van der Waals surface area contributed by atoms with Crippen LogP contribution < -0.4 is 10.2 Å². The third-order valence-electron chi connectivity index (χ3n) is 5.75. The molecule has 0 spiro atoms. The number of piperazine rings is 1. The van der Waals surface area contributed by atoms with E-state index in [1.807, 2.05) is 23.1 Å². The molecular weight excluding hydrogens is 545 g/mol. The summed E-state index contributed by atoms with van der Waals surface area (Å²) in [7, 11) is 1.80. The van der Waals surface area contributed by atoms with Gasteiger partial charge in [-0.05, 0) is 41.6 Å². The van der Waals surface area contributed by atoms with Crippen molar-refractivity contribution in [3.05, 3.63) is 51.2 Å². The molecule has 1 saturated heterocycles. The summed E-state index contributed by atoms with van der Waals surface area (Å²) < 4.78 is 0. The number of nitrogens with zero attached hydrogens (tertiary/aromatic N) is 4. The molecule has 1 amide bonds. The molecule has 3 heterocycles. The van der Waals surface area contributed by atoms with E-state index < -0.39 is 0 Å². The highest BCUT2D eigenvalue weighted by molar-refractivity contribution is 14.0. The number of carbonyl (C=O) groups excluding carboxylic acids is 1. The molecule has 2 aromatic rings. The molecule has 0 radical (unpaired) electrons. The highest BCUT2D eigenvalue weighted by atomic mass is 127. The van der Waals surface area contributed by atoms with Crippen molar-refractivity contribution < 1.29 is 4.79 Å². The first-order chi connectivity index (χ1) is 14.6. The number of rotatable bonds is 4. The summed E-state index contributed by atoms with van der Waals surface area (Å²) in [5.41, 5.74) is 2.46. The zero-order valence-corrected chi connectivity index (χ0v) is 21.6. The Morgan fingerprint density at radius 1 is 1.16 bits per heavy atom. The molecule has 9 heteroatoms. The van der Waals surface area contributed by atoms with Crippen LogP contribution in [0.25, 0.3) is 0 Å². The summed E-state index contributed by atoms with van der Waals surface area (Å²) in [5.74, 6) is 1.08. The summed E-state index contributed by atoms with van der Waals surface area (Å²) in [4.78, 5) is 25.0. The van der Waals surface area contributed by atoms with Crippen LogP contribution in [0.15, 0.2) is 40.7 Å². The molecule has 1 aromatic carbocycles. The number of aliphatic imine (C=N–C) groups is 1. The normalized spacial score (nSPS) is 16.6. The van der Waals surface area contributed by atoms with E-state index in [4.69, 9.17) is 11.6 Å². The topological polar surface area (TPSA) is 51.2 Å². The first-order valence-corrected chi connectivity index (χ1v) is 11.7. The van der Waals surface area contributed by atoms with Crippen molar-refractivity contribution in [2.45, 2.75) is 19.4 Å². The summed E-state index contributed by atoms with van der Waals surface area (Å²) >= 11 is 7.92. The van der Waals surface area contributed by atoms with Gasteiger partial charge in [-0.1, -0.05) is 17.7 Å². The van der Waals surface area contributed by atoms with Crippen LogP contribution in [0.1, 0.15) is 16.9 Å². The fourth-order valence-corrected chi connectivity index (χ4v) is 5.16. The van der Waals surface area contributed by atoms with Gasteiger partial charge in [0.1, 0.15) is 0 Å². The van der Waals surface area contributed by atoms with Gasteiger partial charge in [0.2, 0.25) is 5.91 Å². The lowest BCUT2D eigenvalue weighted by Gasteiger charge is -2.37. The zero-order chi connectivity index (χ0) is 20.9. The fraction of sp³-hybridized carbons (Fsp3) is 0.455. The quantitative estimate of drug-likeness (QED) is 0.344. The van der Waals surface area contributed by atoms with Gasteiger partial charge >= 0.3 is 0 Å². The Morgan fingerprint density at radius 3 is 2.71 bits per heavy atom. The van der Waals surface area contributed by atoms with Gasteiger partial charge in [0, 0.05) is 74.9 Å². The Balaban J connectivity index is 0.00000272. The number of hydrogen-bond acceptors (Lipinski definition) is 4. The lowest BCUT2D eigenvalue weighted by molar-refractivity contribution is -0.131. The highest BCUT2D eigenvalue weighted by Crippen LogP contribution is 2.24. The van der Waals surface area contributed by atoms with Crippen LogP contribution in [-0.4, -0.2) is 68.0 Å². The fourth-order valence-electron chi connectivity index (χ4n) is 4.08. The summed E-state index contributed by atoms with van der Waals surface area (Å²) in [6.45, 7) is 5.77. The average Bonchev–Trinajstić information content (AvgIpc) is 3.25. The molecule has 0 bridgehead atoms. The van der Waals surface area contributed by atoms with Crippen LogP contribution in [0.2, 0.25) is 5.02 Å². The number of amides is 1. The second kappa shape index (κ2) is 11.4. The Labute approximate surface area is 210 Å². The minimum Gasteiger partial charge on any atom is -0.368 e. The summed E-state index contributed by atoms with van der Waals surface area (Å²) in [6, 6.07) is 10.1. The van der Waals surface area contributed by atoms with E-state index in [0.717, 1.165) is 62.4 Å². The van der Waals surface area contributed by atoms with E-state index in [-0.39, 0.29) is 29.9 Å². The molecule has 1 N–H and O–H groups in total. The van der Waals surface area contributed by atoms with E-state index in [1.54, 1.807) is 18.4 Å². The van der Waals surface area contributed by atoms with Crippen LogP contribution in [0.5, 0.6) is 0 Å². The molecule has 6 nitrogen and oxygen atoms in total. The number of guanidine groups is 1. The van der Waals surface area contributed by atoms with Gasteiger partial charge in [0.15, 0.2) is 5.96 Å². The number of fused-ring (bicyclic) bond motifs is 1. The molecule has 4 rings (SSSR count). The second-order valence-electron chi connectivity index (χ2n) is 7.61. The van der Waals surface area contributed by atoms with Crippen molar-refractivity contribution in [2.24, 2.45) is 4.99 Å². The van der Waals surface area contributed by atoms with Gasteiger partial charge in [-0.25, -0.2) is 0 Å². The Morgan fingerprint density at radius 2 is 1.97 bits per heavy atom. The number of nitrogens with one attached hydrogen (secondary N) is 1. The molecule has 0 atom stereocenters. The van der Waals surface area contributed by atoms with E-state index in [9.17, 15) is 4.79 Å². The molecular formula is C22H29ClIN5OS. The number of thiophene rings is 1. The van der Waals surface area contributed by atoms with Crippen molar-refractivity contribution in [2.75, 3.05) is 51.2 Å². The lowest BCUT2D eigenvalue weighted by atomic mass is 10.1. The Bertz CT molecular complexity index is 913. The molecule has 0 unspecified atom stereocenters. The van der Waals surface area contributed by atoms with Crippen LogP contribution >= 0.6 is 46.9 Å².